The number of anilines is 2. The molecule has 0 aliphatic carbocycles. The Labute approximate surface area is 193 Å². The largest absolute Gasteiger partial charge is 0.481 e. The molecule has 6 nitrogen and oxygen atoms in total. The highest BCUT2D eigenvalue weighted by atomic mass is 32.1. The minimum Gasteiger partial charge on any atom is -0.481 e. The molecule has 162 valence electrons. The molecule has 1 amide bonds. The molecule has 32 heavy (non-hydrogen) atoms. The molecule has 0 saturated carbocycles. The van der Waals surface area contributed by atoms with Crippen molar-refractivity contribution in [3.63, 3.8) is 0 Å². The Kier molecular flexibility index (Phi) is 6.16. The van der Waals surface area contributed by atoms with Gasteiger partial charge in [0.05, 0.1) is 28.0 Å². The molecule has 8 heteroatoms. The van der Waals surface area contributed by atoms with E-state index in [2.05, 4.69) is 9.97 Å². The first kappa shape index (κ1) is 21.9. The third kappa shape index (κ3) is 4.61. The summed E-state index contributed by atoms with van der Waals surface area (Å²) in [7, 11) is 0. The molecule has 2 heterocycles. The van der Waals surface area contributed by atoms with E-state index in [1.807, 2.05) is 61.7 Å². The molecule has 0 bridgehead atoms. The van der Waals surface area contributed by atoms with Gasteiger partial charge < -0.3 is 5.11 Å². The number of thiazole rings is 2. The molecule has 0 atom stereocenters. The van der Waals surface area contributed by atoms with Crippen LogP contribution in [0, 0.1) is 13.8 Å². The summed E-state index contributed by atoms with van der Waals surface area (Å²) in [5, 5.41) is 12.4. The molecule has 2 aromatic heterocycles. The predicted molar refractivity (Wildman–Crippen MR) is 131 cm³/mol. The highest BCUT2D eigenvalue weighted by Crippen LogP contribution is 2.33. The monoisotopic (exact) mass is 463 g/mol. The molecule has 1 N–H and O–H groups in total. The Bertz CT molecular complexity index is 1320. The van der Waals surface area contributed by atoms with Gasteiger partial charge in [-0.15, -0.1) is 22.7 Å². The second kappa shape index (κ2) is 9.02. The Morgan fingerprint density at radius 2 is 1.88 bits per heavy atom. The molecule has 0 spiro atoms. The molecular weight excluding hydrogens is 442 g/mol. The van der Waals surface area contributed by atoms with Crippen LogP contribution in [-0.2, 0) is 9.59 Å². The number of hydrogen-bond donors (Lipinski definition) is 1. The van der Waals surface area contributed by atoms with Crippen LogP contribution in [0.3, 0.4) is 0 Å². The first-order valence-electron chi connectivity index (χ1n) is 9.93. The van der Waals surface area contributed by atoms with Crippen LogP contribution >= 0.6 is 22.7 Å². The van der Waals surface area contributed by atoms with Crippen molar-refractivity contribution in [2.75, 3.05) is 4.90 Å². The van der Waals surface area contributed by atoms with Gasteiger partial charge in [-0.25, -0.2) is 9.97 Å². The van der Waals surface area contributed by atoms with Gasteiger partial charge in [-0.3, -0.25) is 14.5 Å². The Morgan fingerprint density at radius 3 is 2.56 bits per heavy atom. The lowest BCUT2D eigenvalue weighted by Crippen LogP contribution is -2.22. The zero-order valence-electron chi connectivity index (χ0n) is 17.8. The summed E-state index contributed by atoms with van der Waals surface area (Å²) in [5.74, 6) is -1.08. The maximum absolute atomic E-state index is 12.4. The second-order valence-electron chi connectivity index (χ2n) is 7.40. The Balaban J connectivity index is 1.72. The van der Waals surface area contributed by atoms with Crippen molar-refractivity contribution in [1.82, 2.24) is 9.97 Å². The van der Waals surface area contributed by atoms with Crippen molar-refractivity contribution in [3.05, 3.63) is 69.7 Å². The zero-order chi connectivity index (χ0) is 22.8. The molecule has 0 aliphatic heterocycles. The third-order valence-electron chi connectivity index (χ3n) is 5.00. The van der Waals surface area contributed by atoms with Crippen molar-refractivity contribution < 1.29 is 14.7 Å². The normalized spacial score (nSPS) is 11.7. The van der Waals surface area contributed by atoms with Crippen LogP contribution in [0.25, 0.3) is 21.9 Å². The summed E-state index contributed by atoms with van der Waals surface area (Å²) < 4.78 is 0.996. The van der Waals surface area contributed by atoms with E-state index in [4.69, 9.17) is 0 Å². The molecule has 0 unspecified atom stereocenters. The number of rotatable bonds is 6. The van der Waals surface area contributed by atoms with Crippen LogP contribution in [0.15, 0.2) is 47.8 Å². The average molecular weight is 464 g/mol. The van der Waals surface area contributed by atoms with Gasteiger partial charge in [-0.2, -0.15) is 0 Å². The fraction of sp³-hybridized carbons (Fsp3) is 0.167. The topological polar surface area (TPSA) is 83.4 Å². The maximum atomic E-state index is 12.4. The van der Waals surface area contributed by atoms with Gasteiger partial charge in [0.25, 0.3) is 0 Å². The number of aliphatic carboxylic acids is 1. The third-order valence-corrected chi connectivity index (χ3v) is 6.95. The maximum Gasteiger partial charge on any atom is 0.307 e. The van der Waals surface area contributed by atoms with E-state index in [9.17, 15) is 14.7 Å². The van der Waals surface area contributed by atoms with Gasteiger partial charge in [-0.1, -0.05) is 18.2 Å². The second-order valence-corrected chi connectivity index (χ2v) is 9.27. The predicted octanol–water partition coefficient (Wildman–Crippen LogP) is 6.07. The molecule has 0 radical (unpaired) electrons. The number of amides is 1. The van der Waals surface area contributed by atoms with E-state index >= 15 is 0 Å². The number of hydrogen-bond acceptors (Lipinski definition) is 6. The lowest BCUT2D eigenvalue weighted by atomic mass is 10.1. The number of carboxylic acids is 1. The van der Waals surface area contributed by atoms with Crippen molar-refractivity contribution in [1.29, 1.82) is 0 Å². The van der Waals surface area contributed by atoms with Crippen LogP contribution in [0.1, 0.15) is 35.2 Å². The minimum atomic E-state index is -0.938. The first-order chi connectivity index (χ1) is 15.3. The fourth-order valence-corrected chi connectivity index (χ4v) is 5.10. The number of carbonyl (C=O) groups excluding carboxylic acids is 1. The number of fused-ring (bicyclic) bond motifs is 1. The number of nitrogens with zero attached hydrogens (tertiary/aromatic N) is 3. The summed E-state index contributed by atoms with van der Waals surface area (Å²) in [6.07, 6.45) is 1.57. The lowest BCUT2D eigenvalue weighted by molar-refractivity contribution is -0.135. The van der Waals surface area contributed by atoms with Crippen LogP contribution in [0.4, 0.5) is 10.8 Å². The molecular formula is C24H21N3O3S2. The lowest BCUT2D eigenvalue weighted by Gasteiger charge is -2.19. The van der Waals surface area contributed by atoms with Gasteiger partial charge in [0.1, 0.15) is 5.01 Å². The molecule has 4 rings (SSSR count). The van der Waals surface area contributed by atoms with E-state index < -0.39 is 5.97 Å². The van der Waals surface area contributed by atoms with E-state index in [1.165, 1.54) is 29.6 Å². The summed E-state index contributed by atoms with van der Waals surface area (Å²) >= 11 is 2.79. The van der Waals surface area contributed by atoms with Gasteiger partial charge in [0, 0.05) is 17.9 Å². The van der Waals surface area contributed by atoms with Gasteiger partial charge in [0.2, 0.25) is 5.91 Å². The van der Waals surface area contributed by atoms with Crippen molar-refractivity contribution in [3.8, 4) is 0 Å². The molecule has 2 aromatic carbocycles. The van der Waals surface area contributed by atoms with Gasteiger partial charge in [0.15, 0.2) is 5.13 Å². The molecule has 0 saturated heterocycles. The fourth-order valence-electron chi connectivity index (χ4n) is 3.28. The smallest absolute Gasteiger partial charge is 0.307 e. The Hall–Kier alpha value is -3.36. The molecule has 4 aromatic rings. The van der Waals surface area contributed by atoms with E-state index in [0.29, 0.717) is 21.4 Å². The average Bonchev–Trinajstić information content (AvgIpc) is 3.36. The van der Waals surface area contributed by atoms with E-state index in [1.54, 1.807) is 11.0 Å². The summed E-state index contributed by atoms with van der Waals surface area (Å²) in [6.45, 7) is 5.53. The van der Waals surface area contributed by atoms with Gasteiger partial charge in [-0.05, 0) is 55.3 Å². The highest BCUT2D eigenvalue weighted by Gasteiger charge is 2.19. The van der Waals surface area contributed by atoms with Gasteiger partial charge >= 0.3 is 5.97 Å². The SMILES string of the molecule is CC(=O)N(c1ccc(C)c(C)c1)c1nc(C=C(CC(=O)O)c2nc3ccccc3s2)cs1. The summed E-state index contributed by atoms with van der Waals surface area (Å²) in [5.41, 5.74) is 4.99. The van der Waals surface area contributed by atoms with Crippen LogP contribution in [0.2, 0.25) is 0 Å². The van der Waals surface area contributed by atoms with Crippen LogP contribution in [-0.4, -0.2) is 27.0 Å². The molecule has 0 aliphatic rings. The zero-order valence-corrected chi connectivity index (χ0v) is 19.5. The molecule has 0 fully saturated rings. The van der Waals surface area contributed by atoms with Crippen molar-refractivity contribution in [2.24, 2.45) is 0 Å². The number of carbonyl (C=O) groups is 2. The standard InChI is InChI=1S/C24H21N3O3S2/c1-14-8-9-19(10-15(14)2)27(16(3)28)24-25-18(13-31-24)11-17(12-22(29)30)23-26-20-6-4-5-7-21(20)32-23/h4-11,13H,12H2,1-3H3,(H,29,30). The number of benzene rings is 2. The van der Waals surface area contributed by atoms with Crippen molar-refractivity contribution >= 4 is 67.2 Å². The number of carboxylic acid groups (broad SMARTS) is 1. The van der Waals surface area contributed by atoms with Crippen molar-refractivity contribution in [2.45, 2.75) is 27.2 Å². The quantitative estimate of drug-likeness (QED) is 0.375. The summed E-state index contributed by atoms with van der Waals surface area (Å²) in [6, 6.07) is 13.5. The van der Waals surface area contributed by atoms with E-state index in [0.717, 1.165) is 27.0 Å². The summed E-state index contributed by atoms with van der Waals surface area (Å²) in [4.78, 5) is 34.7. The minimum absolute atomic E-state index is 0.143. The van der Waals surface area contributed by atoms with Crippen LogP contribution in [0.5, 0.6) is 0 Å². The Morgan fingerprint density at radius 1 is 1.09 bits per heavy atom. The van der Waals surface area contributed by atoms with E-state index in [-0.39, 0.29) is 12.3 Å². The first-order valence-corrected chi connectivity index (χ1v) is 11.6. The number of aromatic nitrogens is 2. The number of para-hydroxylation sites is 1. The highest BCUT2D eigenvalue weighted by molar-refractivity contribution is 7.19. The van der Waals surface area contributed by atoms with Crippen LogP contribution < -0.4 is 4.90 Å². The number of aryl methyl sites for hydroxylation is 2.